The zero-order valence-electron chi connectivity index (χ0n) is 15.4. The lowest BCUT2D eigenvalue weighted by Gasteiger charge is -2.07. The molecule has 2 N–H and O–H groups in total. The lowest BCUT2D eigenvalue weighted by molar-refractivity contribution is -0.119. The van der Waals surface area contributed by atoms with E-state index in [0.29, 0.717) is 46.5 Å². The number of benzene rings is 1. The number of amides is 2. The summed E-state index contributed by atoms with van der Waals surface area (Å²) in [5.74, 6) is 0.530. The Hall–Kier alpha value is -2.36. The first kappa shape index (κ1) is 21.4. The van der Waals surface area contributed by atoms with E-state index in [1.54, 1.807) is 30.5 Å². The molecule has 0 atom stereocenters. The quantitative estimate of drug-likeness (QED) is 0.488. The number of halogens is 1. The normalized spacial score (nSPS) is 10.8. The van der Waals surface area contributed by atoms with Crippen molar-refractivity contribution < 1.29 is 9.59 Å². The van der Waals surface area contributed by atoms with Gasteiger partial charge in [-0.2, -0.15) is 0 Å². The van der Waals surface area contributed by atoms with E-state index in [1.807, 2.05) is 5.38 Å². The van der Waals surface area contributed by atoms with Crippen molar-refractivity contribution in [1.82, 2.24) is 14.7 Å². The fraction of sp³-hybridized carbons (Fsp3) is 0.263. The molecule has 29 heavy (non-hydrogen) atoms. The summed E-state index contributed by atoms with van der Waals surface area (Å²) >= 11 is 8.59. The second-order valence-corrected chi connectivity index (χ2v) is 8.44. The van der Waals surface area contributed by atoms with Gasteiger partial charge in [0.15, 0.2) is 4.96 Å². The van der Waals surface area contributed by atoms with Crippen LogP contribution in [0.5, 0.6) is 0 Å². The molecular weight excluding hydrogens is 432 g/mol. The van der Waals surface area contributed by atoms with E-state index in [0.717, 1.165) is 0 Å². The van der Waals surface area contributed by atoms with E-state index in [9.17, 15) is 14.4 Å². The van der Waals surface area contributed by atoms with Gasteiger partial charge in [0, 0.05) is 47.1 Å². The van der Waals surface area contributed by atoms with E-state index < -0.39 is 0 Å². The molecular formula is C19H19ClN4O3S2. The lowest BCUT2D eigenvalue weighted by Crippen LogP contribution is -2.27. The van der Waals surface area contributed by atoms with Crippen LogP contribution in [0.4, 0.5) is 5.69 Å². The summed E-state index contributed by atoms with van der Waals surface area (Å²) < 4.78 is 1.49. The number of anilines is 1. The van der Waals surface area contributed by atoms with E-state index in [-0.39, 0.29) is 23.1 Å². The average Bonchev–Trinajstić information content (AvgIpc) is 3.16. The highest BCUT2D eigenvalue weighted by atomic mass is 35.5. The Morgan fingerprint density at radius 2 is 2.00 bits per heavy atom. The topological polar surface area (TPSA) is 92.6 Å². The Balaban J connectivity index is 1.31. The zero-order valence-corrected chi connectivity index (χ0v) is 17.8. The fourth-order valence-electron chi connectivity index (χ4n) is 2.49. The van der Waals surface area contributed by atoms with Crippen molar-refractivity contribution in [2.45, 2.75) is 18.6 Å². The number of carbonyl (C=O) groups excluding carboxylic acids is 2. The number of thioether (sulfide) groups is 1. The van der Waals surface area contributed by atoms with E-state index in [4.69, 9.17) is 11.6 Å². The van der Waals surface area contributed by atoms with E-state index in [2.05, 4.69) is 15.6 Å². The first-order valence-electron chi connectivity index (χ1n) is 8.87. The van der Waals surface area contributed by atoms with Crippen LogP contribution in [-0.2, 0) is 15.3 Å². The van der Waals surface area contributed by atoms with Crippen molar-refractivity contribution in [1.29, 1.82) is 0 Å². The van der Waals surface area contributed by atoms with Crippen molar-refractivity contribution in [2.24, 2.45) is 0 Å². The van der Waals surface area contributed by atoms with Crippen LogP contribution in [0.1, 0.15) is 18.5 Å². The Morgan fingerprint density at radius 1 is 1.21 bits per heavy atom. The Bertz CT molecular complexity index is 1050. The van der Waals surface area contributed by atoms with Crippen LogP contribution < -0.4 is 16.2 Å². The summed E-state index contributed by atoms with van der Waals surface area (Å²) in [6, 6.07) is 8.38. The number of fused-ring (bicyclic) bond motifs is 1. The minimum Gasteiger partial charge on any atom is -0.355 e. The highest BCUT2D eigenvalue weighted by molar-refractivity contribution is 7.99. The van der Waals surface area contributed by atoms with Gasteiger partial charge in [0.1, 0.15) is 0 Å². The van der Waals surface area contributed by atoms with Crippen molar-refractivity contribution in [3.63, 3.8) is 0 Å². The van der Waals surface area contributed by atoms with E-state index >= 15 is 0 Å². The van der Waals surface area contributed by atoms with E-state index in [1.165, 1.54) is 33.6 Å². The number of rotatable bonds is 9. The van der Waals surface area contributed by atoms with Crippen LogP contribution >= 0.6 is 34.7 Å². The molecule has 0 spiro atoms. The second kappa shape index (κ2) is 10.4. The largest absolute Gasteiger partial charge is 0.355 e. The van der Waals surface area contributed by atoms with Crippen LogP contribution in [0.15, 0.2) is 46.7 Å². The van der Waals surface area contributed by atoms with Crippen LogP contribution in [0, 0.1) is 0 Å². The molecule has 0 saturated carbocycles. The standard InChI is InChI=1S/C19H19ClN4O3S2/c20-13-3-5-14(6-4-13)22-16(25)2-1-7-21-17(26)12-28-11-15-10-18(27)24-8-9-29-19(24)23-15/h3-6,8-10H,1-2,7,11-12H2,(H,21,26)(H,22,25). The molecule has 0 bridgehead atoms. The van der Waals surface area contributed by atoms with Gasteiger partial charge in [-0.05, 0) is 30.7 Å². The molecule has 3 rings (SSSR count). The molecule has 2 aromatic heterocycles. The molecule has 0 unspecified atom stereocenters. The predicted molar refractivity (Wildman–Crippen MR) is 118 cm³/mol. The molecule has 0 saturated heterocycles. The molecule has 0 aliphatic heterocycles. The second-order valence-electron chi connectivity index (χ2n) is 6.14. The van der Waals surface area contributed by atoms with Gasteiger partial charge in [-0.15, -0.1) is 23.1 Å². The average molecular weight is 451 g/mol. The molecule has 3 aromatic rings. The summed E-state index contributed by atoms with van der Waals surface area (Å²) in [5, 5.41) is 7.99. The highest BCUT2D eigenvalue weighted by Gasteiger charge is 2.07. The van der Waals surface area contributed by atoms with Gasteiger partial charge < -0.3 is 10.6 Å². The minimum atomic E-state index is -0.117. The van der Waals surface area contributed by atoms with Crippen LogP contribution in [0.25, 0.3) is 4.96 Å². The monoisotopic (exact) mass is 450 g/mol. The molecule has 2 amide bonds. The number of aromatic nitrogens is 2. The first-order chi connectivity index (χ1) is 14.0. The molecule has 0 aliphatic rings. The minimum absolute atomic E-state index is 0.109. The number of hydrogen-bond acceptors (Lipinski definition) is 6. The van der Waals surface area contributed by atoms with Gasteiger partial charge in [0.05, 0.1) is 11.4 Å². The number of carbonyl (C=O) groups is 2. The Morgan fingerprint density at radius 3 is 2.79 bits per heavy atom. The summed E-state index contributed by atoms with van der Waals surface area (Å²) in [6.07, 6.45) is 2.55. The molecule has 1 aromatic carbocycles. The van der Waals surface area contributed by atoms with Gasteiger partial charge in [-0.25, -0.2) is 4.98 Å². The molecule has 0 radical (unpaired) electrons. The summed E-state index contributed by atoms with van der Waals surface area (Å²) in [5.41, 5.74) is 1.23. The molecule has 0 fully saturated rings. The Kier molecular flexibility index (Phi) is 7.68. The van der Waals surface area contributed by atoms with Crippen molar-refractivity contribution in [3.05, 3.63) is 63.0 Å². The van der Waals surface area contributed by atoms with Crippen LogP contribution in [0.2, 0.25) is 5.02 Å². The summed E-state index contributed by atoms with van der Waals surface area (Å²) in [7, 11) is 0. The molecule has 0 aliphatic carbocycles. The van der Waals surface area contributed by atoms with Gasteiger partial charge in [-0.1, -0.05) is 11.6 Å². The fourth-order valence-corrected chi connectivity index (χ4v) is 4.11. The lowest BCUT2D eigenvalue weighted by atomic mass is 10.2. The third kappa shape index (κ3) is 6.59. The van der Waals surface area contributed by atoms with Crippen LogP contribution in [-0.4, -0.2) is 33.5 Å². The van der Waals surface area contributed by atoms with Crippen molar-refractivity contribution >= 4 is 57.2 Å². The Labute approximate surface area is 180 Å². The highest BCUT2D eigenvalue weighted by Crippen LogP contribution is 2.14. The maximum absolute atomic E-state index is 11.9. The molecule has 2 heterocycles. The zero-order chi connectivity index (χ0) is 20.6. The molecule has 152 valence electrons. The van der Waals surface area contributed by atoms with Crippen LogP contribution in [0.3, 0.4) is 0 Å². The summed E-state index contributed by atoms with van der Waals surface area (Å²) in [6.45, 7) is 0.425. The van der Waals surface area contributed by atoms with Crippen molar-refractivity contribution in [2.75, 3.05) is 17.6 Å². The predicted octanol–water partition coefficient (Wildman–Crippen LogP) is 3.18. The summed E-state index contributed by atoms with van der Waals surface area (Å²) in [4.78, 5) is 40.8. The van der Waals surface area contributed by atoms with Gasteiger partial charge in [-0.3, -0.25) is 18.8 Å². The first-order valence-corrected chi connectivity index (χ1v) is 11.3. The van der Waals surface area contributed by atoms with Gasteiger partial charge in [0.2, 0.25) is 11.8 Å². The number of thiazole rings is 1. The maximum atomic E-state index is 11.9. The number of nitrogens with zero attached hydrogens (tertiary/aromatic N) is 2. The maximum Gasteiger partial charge on any atom is 0.258 e. The van der Waals surface area contributed by atoms with Crippen molar-refractivity contribution in [3.8, 4) is 0 Å². The van der Waals surface area contributed by atoms with Gasteiger partial charge >= 0.3 is 0 Å². The molecule has 10 heteroatoms. The number of nitrogens with one attached hydrogen (secondary N) is 2. The van der Waals surface area contributed by atoms with Gasteiger partial charge in [0.25, 0.3) is 5.56 Å². The number of hydrogen-bond donors (Lipinski definition) is 2. The third-order valence-corrected chi connectivity index (χ3v) is 5.84. The SMILES string of the molecule is O=C(CSCc1cc(=O)n2ccsc2n1)NCCCC(=O)Nc1ccc(Cl)cc1. The third-order valence-electron chi connectivity index (χ3n) is 3.87. The molecule has 7 nitrogen and oxygen atoms in total. The smallest absolute Gasteiger partial charge is 0.258 e.